The van der Waals surface area contributed by atoms with Crippen molar-refractivity contribution in [3.8, 4) is 5.75 Å². The topological polar surface area (TPSA) is 122 Å². The summed E-state index contributed by atoms with van der Waals surface area (Å²) in [6.45, 7) is 3.38. The Morgan fingerprint density at radius 2 is 1.39 bits per heavy atom. The molecule has 174 valence electrons. The average molecular weight is 472 g/mol. The lowest BCUT2D eigenvalue weighted by Gasteiger charge is -2.15. The van der Waals surface area contributed by atoms with E-state index in [-0.39, 0.29) is 42.4 Å². The molecule has 0 aliphatic carbocycles. The molecule has 0 saturated heterocycles. The summed E-state index contributed by atoms with van der Waals surface area (Å²) in [6, 6.07) is 12.2. The maximum atomic E-state index is 13.0. The van der Waals surface area contributed by atoms with Crippen LogP contribution in [-0.4, -0.2) is 48.3 Å². The number of nitrogens with two attached hydrogens (primary N) is 1. The second-order valence-corrected chi connectivity index (χ2v) is 7.30. The maximum absolute atomic E-state index is 13.0. The number of hydrogen-bond donors (Lipinski definition) is 1. The van der Waals surface area contributed by atoms with Crippen LogP contribution in [0, 0.1) is 5.92 Å². The van der Waals surface area contributed by atoms with Crippen molar-refractivity contribution in [1.29, 1.82) is 0 Å². The van der Waals surface area contributed by atoms with Crippen LogP contribution < -0.4 is 10.5 Å². The van der Waals surface area contributed by atoms with E-state index < -0.39 is 29.4 Å². The number of hydrogen-bond acceptors (Lipinski definition) is 8. The van der Waals surface area contributed by atoms with Crippen LogP contribution in [0.4, 0.5) is 0 Å². The molecule has 0 saturated carbocycles. The Kier molecular flexibility index (Phi) is 9.68. The van der Waals surface area contributed by atoms with Crippen LogP contribution in [0.25, 0.3) is 0 Å². The van der Waals surface area contributed by atoms with Crippen molar-refractivity contribution in [3.05, 3.63) is 65.2 Å². The molecule has 0 aromatic heterocycles. The normalized spacial score (nSPS) is 11.2. The Hall–Kier alpha value is -3.59. The highest BCUT2D eigenvalue weighted by atomic mass is 32.1. The molecule has 2 N–H and O–H groups in total. The summed E-state index contributed by atoms with van der Waals surface area (Å²) < 4.78 is 15.1. The van der Waals surface area contributed by atoms with Gasteiger partial charge in [0.1, 0.15) is 16.7 Å². The quantitative estimate of drug-likeness (QED) is 0.215. The molecule has 33 heavy (non-hydrogen) atoms. The summed E-state index contributed by atoms with van der Waals surface area (Å²) in [6.07, 6.45) is -0.363. The second kappa shape index (κ2) is 12.4. The molecule has 0 aliphatic heterocycles. The van der Waals surface area contributed by atoms with Gasteiger partial charge < -0.3 is 19.9 Å². The van der Waals surface area contributed by atoms with Gasteiger partial charge in [0.25, 0.3) is 0 Å². The standard InChI is InChI=1S/C24H25NO7S/c1-3-30-21(27)14-32-18-11-9-15(10-12-18)20(26)13-19(24(29)31-4-2)22(28)16-5-7-17(8-6-16)23(25)33/h5-12,19H,3-4,13-14H2,1-2H3,(H2,25,33). The molecule has 0 aliphatic rings. The van der Waals surface area contributed by atoms with Gasteiger partial charge in [-0.25, -0.2) is 4.79 Å². The highest BCUT2D eigenvalue weighted by Crippen LogP contribution is 2.20. The first-order valence-electron chi connectivity index (χ1n) is 10.3. The van der Waals surface area contributed by atoms with E-state index in [0.29, 0.717) is 11.3 Å². The van der Waals surface area contributed by atoms with Gasteiger partial charge in [-0.1, -0.05) is 36.5 Å². The van der Waals surface area contributed by atoms with Gasteiger partial charge in [0.2, 0.25) is 0 Å². The SMILES string of the molecule is CCOC(=O)COc1ccc(C(=O)CC(C(=O)OCC)C(=O)c2ccc(C(N)=S)cc2)cc1. The van der Waals surface area contributed by atoms with Gasteiger partial charge in [0.05, 0.1) is 13.2 Å². The molecule has 0 fully saturated rings. The summed E-state index contributed by atoms with van der Waals surface area (Å²) in [5.74, 6) is -3.16. The molecule has 1 atom stereocenters. The van der Waals surface area contributed by atoms with E-state index in [2.05, 4.69) is 0 Å². The molecule has 0 heterocycles. The Morgan fingerprint density at radius 1 is 0.848 bits per heavy atom. The molecule has 9 heteroatoms. The van der Waals surface area contributed by atoms with Crippen LogP contribution >= 0.6 is 12.2 Å². The molecule has 8 nitrogen and oxygen atoms in total. The Labute approximate surface area is 197 Å². The summed E-state index contributed by atoms with van der Waals surface area (Å²) in [7, 11) is 0. The third-order valence-corrected chi connectivity index (χ3v) is 4.81. The molecular weight excluding hydrogens is 446 g/mol. The predicted molar refractivity (Wildman–Crippen MR) is 124 cm³/mol. The van der Waals surface area contributed by atoms with Gasteiger partial charge in [-0.05, 0) is 38.1 Å². The third-order valence-electron chi connectivity index (χ3n) is 4.57. The molecule has 2 aromatic rings. The number of ketones is 2. The molecule has 2 aromatic carbocycles. The second-order valence-electron chi connectivity index (χ2n) is 6.86. The van der Waals surface area contributed by atoms with Crippen molar-refractivity contribution >= 4 is 40.7 Å². The van der Waals surface area contributed by atoms with Gasteiger partial charge in [-0.3, -0.25) is 14.4 Å². The van der Waals surface area contributed by atoms with Gasteiger partial charge in [0, 0.05) is 23.1 Å². The van der Waals surface area contributed by atoms with Gasteiger partial charge in [-0.15, -0.1) is 0 Å². The van der Waals surface area contributed by atoms with Crippen LogP contribution in [-0.2, 0) is 19.1 Å². The van der Waals surface area contributed by atoms with Crippen LogP contribution in [0.15, 0.2) is 48.5 Å². The number of thiocarbonyl (C=S) groups is 1. The first kappa shape index (κ1) is 25.7. The number of esters is 2. The van der Waals surface area contributed by atoms with Crippen molar-refractivity contribution < 1.29 is 33.4 Å². The summed E-state index contributed by atoms with van der Waals surface area (Å²) in [4.78, 5) is 49.8. The molecule has 0 radical (unpaired) electrons. The lowest BCUT2D eigenvalue weighted by atomic mass is 9.90. The van der Waals surface area contributed by atoms with Gasteiger partial charge in [0.15, 0.2) is 18.2 Å². The average Bonchev–Trinajstić information content (AvgIpc) is 2.81. The fourth-order valence-corrected chi connectivity index (χ4v) is 3.05. The van der Waals surface area contributed by atoms with Crippen molar-refractivity contribution in [2.24, 2.45) is 11.7 Å². The van der Waals surface area contributed by atoms with Gasteiger partial charge >= 0.3 is 11.9 Å². The Morgan fingerprint density at radius 3 is 1.94 bits per heavy atom. The fraction of sp³-hybridized carbons (Fsp3) is 0.292. The zero-order valence-corrected chi connectivity index (χ0v) is 19.2. The minimum Gasteiger partial charge on any atom is -0.482 e. The van der Waals surface area contributed by atoms with E-state index in [1.807, 2.05) is 0 Å². The molecule has 2 rings (SSSR count). The Balaban J connectivity index is 2.13. The molecule has 0 amide bonds. The van der Waals surface area contributed by atoms with Crippen LogP contribution in [0.5, 0.6) is 5.75 Å². The van der Waals surface area contributed by atoms with Crippen molar-refractivity contribution in [2.45, 2.75) is 20.3 Å². The smallest absolute Gasteiger partial charge is 0.344 e. The van der Waals surface area contributed by atoms with Crippen LogP contribution in [0.3, 0.4) is 0 Å². The van der Waals surface area contributed by atoms with Crippen molar-refractivity contribution in [1.82, 2.24) is 0 Å². The van der Waals surface area contributed by atoms with E-state index in [1.54, 1.807) is 26.0 Å². The fourth-order valence-electron chi connectivity index (χ4n) is 2.91. The number of ether oxygens (including phenoxy) is 3. The van der Waals surface area contributed by atoms with Crippen LogP contribution in [0.1, 0.15) is 46.5 Å². The number of carbonyl (C=O) groups excluding carboxylic acids is 4. The number of Topliss-reactive ketones (excluding diaryl/α,β-unsaturated/α-hetero) is 2. The molecule has 1 unspecified atom stereocenters. The van der Waals surface area contributed by atoms with Gasteiger partial charge in [-0.2, -0.15) is 0 Å². The first-order valence-corrected chi connectivity index (χ1v) is 10.7. The van der Waals surface area contributed by atoms with E-state index in [4.69, 9.17) is 32.2 Å². The molecular formula is C24H25NO7S. The number of rotatable bonds is 12. The zero-order chi connectivity index (χ0) is 24.4. The molecule has 0 bridgehead atoms. The first-order chi connectivity index (χ1) is 15.8. The maximum Gasteiger partial charge on any atom is 0.344 e. The summed E-state index contributed by atoms with van der Waals surface area (Å²) >= 11 is 4.90. The highest BCUT2D eigenvalue weighted by Gasteiger charge is 2.31. The van der Waals surface area contributed by atoms with Crippen molar-refractivity contribution in [2.75, 3.05) is 19.8 Å². The largest absolute Gasteiger partial charge is 0.482 e. The highest BCUT2D eigenvalue weighted by molar-refractivity contribution is 7.80. The Bertz CT molecular complexity index is 1020. The lowest BCUT2D eigenvalue weighted by Crippen LogP contribution is -2.29. The minimum atomic E-state index is -1.30. The zero-order valence-electron chi connectivity index (χ0n) is 18.4. The monoisotopic (exact) mass is 471 g/mol. The van der Waals surface area contributed by atoms with E-state index in [0.717, 1.165) is 0 Å². The number of carbonyl (C=O) groups is 4. The van der Waals surface area contributed by atoms with Crippen molar-refractivity contribution in [3.63, 3.8) is 0 Å². The van der Waals surface area contributed by atoms with E-state index >= 15 is 0 Å². The van der Waals surface area contributed by atoms with E-state index in [1.165, 1.54) is 36.4 Å². The summed E-state index contributed by atoms with van der Waals surface area (Å²) in [5.41, 5.74) is 6.67. The molecule has 0 spiro atoms. The third kappa shape index (κ3) is 7.50. The predicted octanol–water partition coefficient (Wildman–Crippen LogP) is 2.90. The van der Waals surface area contributed by atoms with Crippen LogP contribution in [0.2, 0.25) is 0 Å². The van der Waals surface area contributed by atoms with E-state index in [9.17, 15) is 19.2 Å². The summed E-state index contributed by atoms with van der Waals surface area (Å²) in [5, 5.41) is 0. The minimum absolute atomic E-state index is 0.0731. The lowest BCUT2D eigenvalue weighted by molar-refractivity contribution is -0.146. The number of benzene rings is 2.